The predicted octanol–water partition coefficient (Wildman–Crippen LogP) is 1.98. The molecule has 3 aliphatic heterocycles. The Balaban J connectivity index is 1.68. The molecule has 0 saturated carbocycles. The Hall–Kier alpha value is -1.39. The minimum absolute atomic E-state index is 0.0258. The van der Waals surface area contributed by atoms with Crippen molar-refractivity contribution in [1.29, 1.82) is 0 Å². The van der Waals surface area contributed by atoms with E-state index in [4.69, 9.17) is 4.84 Å². The molecule has 3 heterocycles. The van der Waals surface area contributed by atoms with Gasteiger partial charge in [0.2, 0.25) is 5.91 Å². The molecule has 4 nitrogen and oxygen atoms in total. The number of piperidine rings is 1. The molecule has 1 amide bonds. The van der Waals surface area contributed by atoms with E-state index in [2.05, 4.69) is 17.0 Å². The van der Waals surface area contributed by atoms with Gasteiger partial charge in [0.1, 0.15) is 6.10 Å². The molecular weight excluding hydrogens is 252 g/mol. The van der Waals surface area contributed by atoms with Gasteiger partial charge in [0.15, 0.2) is 0 Å². The van der Waals surface area contributed by atoms with Crippen LogP contribution in [0.15, 0.2) is 30.3 Å². The molecule has 0 N–H and O–H groups in total. The highest BCUT2D eigenvalue weighted by molar-refractivity contribution is 5.78. The molecule has 20 heavy (non-hydrogen) atoms. The van der Waals surface area contributed by atoms with Gasteiger partial charge in [-0.1, -0.05) is 30.3 Å². The van der Waals surface area contributed by atoms with Crippen molar-refractivity contribution in [3.8, 4) is 0 Å². The predicted molar refractivity (Wildman–Crippen MR) is 74.7 cm³/mol. The van der Waals surface area contributed by atoms with Crippen molar-refractivity contribution in [3.63, 3.8) is 0 Å². The van der Waals surface area contributed by atoms with Gasteiger partial charge in [-0.25, -0.2) is 0 Å². The van der Waals surface area contributed by atoms with Crippen LogP contribution in [0.1, 0.15) is 30.9 Å². The van der Waals surface area contributed by atoms with Crippen molar-refractivity contribution in [2.75, 3.05) is 13.6 Å². The number of hydrogen-bond acceptors (Lipinski definition) is 3. The topological polar surface area (TPSA) is 32.8 Å². The zero-order valence-corrected chi connectivity index (χ0v) is 11.7. The molecule has 4 atom stereocenters. The Labute approximate surface area is 119 Å². The molecule has 0 spiro atoms. The molecule has 0 radical (unpaired) electrons. The van der Waals surface area contributed by atoms with E-state index in [0.29, 0.717) is 24.4 Å². The number of rotatable bonds is 1. The smallest absolute Gasteiger partial charge is 0.223 e. The van der Waals surface area contributed by atoms with Crippen molar-refractivity contribution in [2.24, 2.45) is 5.92 Å². The minimum atomic E-state index is 0.0258. The van der Waals surface area contributed by atoms with Gasteiger partial charge in [-0.15, -0.1) is 0 Å². The molecule has 4 heteroatoms. The highest BCUT2D eigenvalue weighted by Crippen LogP contribution is 2.46. The number of hydrogen-bond donors (Lipinski definition) is 0. The lowest BCUT2D eigenvalue weighted by atomic mass is 9.80. The number of hydroxylamine groups is 2. The Morgan fingerprint density at radius 2 is 2.05 bits per heavy atom. The van der Waals surface area contributed by atoms with E-state index in [9.17, 15) is 4.79 Å². The van der Waals surface area contributed by atoms with Gasteiger partial charge in [-0.05, 0) is 18.4 Å². The molecule has 0 aromatic heterocycles. The zero-order valence-electron chi connectivity index (χ0n) is 11.7. The minimum Gasteiger partial charge on any atom is -0.338 e. The lowest BCUT2D eigenvalue weighted by Crippen LogP contribution is -2.54. The maximum absolute atomic E-state index is 12.4. The lowest BCUT2D eigenvalue weighted by Gasteiger charge is -2.39. The quantitative estimate of drug-likeness (QED) is 0.783. The Morgan fingerprint density at radius 3 is 2.85 bits per heavy atom. The maximum Gasteiger partial charge on any atom is 0.223 e. The SMILES string of the molecule is CN1O[C@H](c2ccccc2)[C@H]2CC(=O)N3CCC[C@H]3[C@H]21. The summed E-state index contributed by atoms with van der Waals surface area (Å²) in [4.78, 5) is 20.5. The van der Waals surface area contributed by atoms with Crippen LogP contribution in [0.25, 0.3) is 0 Å². The Bertz CT molecular complexity index is 518. The lowest BCUT2D eigenvalue weighted by molar-refractivity contribution is -0.156. The van der Waals surface area contributed by atoms with Crippen molar-refractivity contribution in [1.82, 2.24) is 9.96 Å². The molecule has 106 valence electrons. The fourth-order valence-electron chi connectivity index (χ4n) is 4.26. The average molecular weight is 272 g/mol. The van der Waals surface area contributed by atoms with Gasteiger partial charge in [0.05, 0.1) is 6.04 Å². The van der Waals surface area contributed by atoms with E-state index in [1.54, 1.807) is 0 Å². The number of fused-ring (bicyclic) bond motifs is 3. The number of carbonyl (C=O) groups is 1. The number of carbonyl (C=O) groups excluding carboxylic acids is 1. The first-order valence-corrected chi connectivity index (χ1v) is 7.50. The van der Waals surface area contributed by atoms with Crippen LogP contribution < -0.4 is 0 Å². The van der Waals surface area contributed by atoms with Crippen LogP contribution in [0.2, 0.25) is 0 Å². The molecular formula is C16H20N2O2. The van der Waals surface area contributed by atoms with E-state index in [1.165, 1.54) is 5.56 Å². The molecule has 3 aliphatic rings. The van der Waals surface area contributed by atoms with Gasteiger partial charge in [-0.2, -0.15) is 5.06 Å². The Kier molecular flexibility index (Phi) is 2.82. The summed E-state index contributed by atoms with van der Waals surface area (Å²) in [6, 6.07) is 11.0. The molecule has 1 aromatic carbocycles. The summed E-state index contributed by atoms with van der Waals surface area (Å²) >= 11 is 0. The van der Waals surface area contributed by atoms with E-state index < -0.39 is 0 Å². The van der Waals surface area contributed by atoms with Gasteiger partial charge >= 0.3 is 0 Å². The van der Waals surface area contributed by atoms with Gasteiger partial charge in [0, 0.05) is 32.0 Å². The first-order chi connectivity index (χ1) is 9.75. The van der Waals surface area contributed by atoms with Crippen LogP contribution in [0.3, 0.4) is 0 Å². The van der Waals surface area contributed by atoms with Gasteiger partial charge in [-0.3, -0.25) is 9.63 Å². The highest BCUT2D eigenvalue weighted by Gasteiger charge is 2.53. The summed E-state index contributed by atoms with van der Waals surface area (Å²) in [6.07, 6.45) is 2.88. The molecule has 4 rings (SSSR count). The molecule has 0 aliphatic carbocycles. The van der Waals surface area contributed by atoms with E-state index >= 15 is 0 Å². The third kappa shape index (κ3) is 1.71. The van der Waals surface area contributed by atoms with Crippen LogP contribution in [-0.2, 0) is 9.63 Å². The molecule has 3 fully saturated rings. The third-order valence-electron chi connectivity index (χ3n) is 5.08. The van der Waals surface area contributed by atoms with Crippen molar-refractivity contribution < 1.29 is 9.63 Å². The molecule has 3 saturated heterocycles. The summed E-state index contributed by atoms with van der Waals surface area (Å²) in [6.45, 7) is 0.927. The van der Waals surface area contributed by atoms with Crippen LogP contribution in [0.5, 0.6) is 0 Å². The van der Waals surface area contributed by atoms with Crippen molar-refractivity contribution in [2.45, 2.75) is 37.5 Å². The fourth-order valence-corrected chi connectivity index (χ4v) is 4.26. The zero-order chi connectivity index (χ0) is 13.7. The second-order valence-electron chi connectivity index (χ2n) is 6.14. The summed E-state index contributed by atoms with van der Waals surface area (Å²) in [5.41, 5.74) is 1.19. The number of likely N-dealkylation sites (N-methyl/N-ethyl adjacent to an activating group) is 1. The van der Waals surface area contributed by atoms with Crippen LogP contribution >= 0.6 is 0 Å². The number of benzene rings is 1. The van der Waals surface area contributed by atoms with E-state index in [-0.39, 0.29) is 12.0 Å². The largest absolute Gasteiger partial charge is 0.338 e. The molecule has 1 aromatic rings. The highest BCUT2D eigenvalue weighted by atomic mass is 16.7. The van der Waals surface area contributed by atoms with Crippen LogP contribution in [0, 0.1) is 5.92 Å². The summed E-state index contributed by atoms with van der Waals surface area (Å²) in [7, 11) is 2.02. The van der Waals surface area contributed by atoms with Crippen LogP contribution in [0.4, 0.5) is 0 Å². The second-order valence-corrected chi connectivity index (χ2v) is 6.14. The maximum atomic E-state index is 12.4. The van der Waals surface area contributed by atoms with Crippen molar-refractivity contribution in [3.05, 3.63) is 35.9 Å². The van der Waals surface area contributed by atoms with Gasteiger partial charge in [0.25, 0.3) is 0 Å². The standard InChI is InChI=1S/C16H20N2O2/c1-17-15-12(10-14(19)18-9-5-8-13(15)18)16(20-17)11-6-3-2-4-7-11/h2-4,6-7,12-13,15-16H,5,8-10H2,1H3/t12-,13-,15-,16+/m0/s1. The van der Waals surface area contributed by atoms with E-state index in [0.717, 1.165) is 19.4 Å². The summed E-state index contributed by atoms with van der Waals surface area (Å²) < 4.78 is 0. The third-order valence-corrected chi connectivity index (χ3v) is 5.08. The van der Waals surface area contributed by atoms with E-state index in [1.807, 2.05) is 30.3 Å². The summed E-state index contributed by atoms with van der Waals surface area (Å²) in [5, 5.41) is 2.01. The van der Waals surface area contributed by atoms with Gasteiger partial charge < -0.3 is 4.90 Å². The van der Waals surface area contributed by atoms with Crippen molar-refractivity contribution >= 4 is 5.91 Å². The summed E-state index contributed by atoms with van der Waals surface area (Å²) in [5.74, 6) is 0.600. The second kappa shape index (κ2) is 4.57. The number of amides is 1. The Morgan fingerprint density at radius 1 is 1.25 bits per heavy atom. The first kappa shape index (κ1) is 12.4. The number of nitrogens with zero attached hydrogens (tertiary/aromatic N) is 2. The average Bonchev–Trinajstić information content (AvgIpc) is 3.05. The first-order valence-electron chi connectivity index (χ1n) is 7.50. The normalized spacial score (nSPS) is 37.0. The fraction of sp³-hybridized carbons (Fsp3) is 0.562. The van der Waals surface area contributed by atoms with Crippen LogP contribution in [-0.4, -0.2) is 41.5 Å². The monoisotopic (exact) mass is 272 g/mol. The molecule has 0 unspecified atom stereocenters. The molecule has 0 bridgehead atoms.